The summed E-state index contributed by atoms with van der Waals surface area (Å²) in [6.45, 7) is 8.02. The monoisotopic (exact) mass is 253 g/mol. The van der Waals surface area contributed by atoms with Crippen LogP contribution in [0.3, 0.4) is 0 Å². The van der Waals surface area contributed by atoms with Gasteiger partial charge in [-0.2, -0.15) is 0 Å². The summed E-state index contributed by atoms with van der Waals surface area (Å²) in [6, 6.07) is 0. The molecule has 0 saturated heterocycles. The normalized spacial score (nSPS) is 37.1. The topological polar surface area (TPSA) is 78.6 Å². The highest BCUT2D eigenvalue weighted by molar-refractivity contribution is 5.88. The lowest BCUT2D eigenvalue weighted by molar-refractivity contribution is -0.151. The third-order valence-corrected chi connectivity index (χ3v) is 3.82. The van der Waals surface area contributed by atoms with Crippen molar-refractivity contribution in [3.8, 4) is 0 Å². The Morgan fingerprint density at radius 3 is 2.56 bits per heavy atom. The fraction of sp³-hybridized carbons (Fsp3) is 0.692. The van der Waals surface area contributed by atoms with Crippen LogP contribution in [0.25, 0.3) is 0 Å². The van der Waals surface area contributed by atoms with E-state index in [0.717, 1.165) is 5.57 Å². The smallest absolute Gasteiger partial charge is 0.326 e. The number of hydrogen-bond donors (Lipinski definition) is 1. The molecule has 5 nitrogen and oxygen atoms in total. The van der Waals surface area contributed by atoms with Crippen LogP contribution < -0.4 is 5.73 Å². The van der Waals surface area contributed by atoms with E-state index in [0.29, 0.717) is 13.0 Å². The Labute approximate surface area is 106 Å². The maximum atomic E-state index is 11.9. The molecule has 0 aromatic carbocycles. The van der Waals surface area contributed by atoms with Gasteiger partial charge in [0, 0.05) is 5.92 Å². The molecule has 4 unspecified atom stereocenters. The minimum Gasteiger partial charge on any atom is -0.466 e. The van der Waals surface area contributed by atoms with Gasteiger partial charge in [0.2, 0.25) is 0 Å². The minimum absolute atomic E-state index is 0.0153. The van der Waals surface area contributed by atoms with E-state index in [4.69, 9.17) is 15.2 Å². The number of carbonyl (C=O) groups excluding carboxylic acids is 2. The number of rotatable bonds is 4. The Morgan fingerprint density at radius 1 is 1.39 bits per heavy atom. The molecule has 0 bridgehead atoms. The first-order chi connectivity index (χ1) is 8.47. The molecule has 2 fully saturated rings. The van der Waals surface area contributed by atoms with E-state index in [1.807, 2.05) is 0 Å². The third-order valence-electron chi connectivity index (χ3n) is 3.82. The highest BCUT2D eigenvalue weighted by Gasteiger charge is 2.72. The second kappa shape index (κ2) is 4.39. The first-order valence-electron chi connectivity index (χ1n) is 6.27. The van der Waals surface area contributed by atoms with Crippen molar-refractivity contribution in [3.05, 3.63) is 12.2 Å². The lowest BCUT2D eigenvalue weighted by Gasteiger charge is -2.24. The van der Waals surface area contributed by atoms with Crippen LogP contribution in [0.1, 0.15) is 20.3 Å². The van der Waals surface area contributed by atoms with Gasteiger partial charge in [-0.05, 0) is 26.2 Å². The number of carbonyl (C=O) groups is 2. The van der Waals surface area contributed by atoms with E-state index < -0.39 is 11.5 Å². The number of esters is 2. The molecule has 4 atom stereocenters. The van der Waals surface area contributed by atoms with Gasteiger partial charge in [-0.25, -0.2) is 0 Å². The van der Waals surface area contributed by atoms with Gasteiger partial charge in [-0.1, -0.05) is 12.2 Å². The largest absolute Gasteiger partial charge is 0.466 e. The second-order valence-electron chi connectivity index (χ2n) is 4.93. The van der Waals surface area contributed by atoms with Crippen LogP contribution in [0.5, 0.6) is 0 Å². The van der Waals surface area contributed by atoms with E-state index in [1.54, 1.807) is 13.8 Å². The van der Waals surface area contributed by atoms with Crippen molar-refractivity contribution in [2.24, 2.45) is 23.5 Å². The molecule has 0 spiro atoms. The molecule has 0 aromatic heterocycles. The maximum Gasteiger partial charge on any atom is 0.326 e. The van der Waals surface area contributed by atoms with Gasteiger partial charge in [0.05, 0.1) is 19.1 Å². The van der Waals surface area contributed by atoms with Crippen molar-refractivity contribution in [2.45, 2.75) is 25.8 Å². The highest BCUT2D eigenvalue weighted by atomic mass is 16.5. The summed E-state index contributed by atoms with van der Waals surface area (Å²) in [6.07, 6.45) is 0.400. The van der Waals surface area contributed by atoms with Crippen LogP contribution in [0, 0.1) is 17.8 Å². The molecule has 0 amide bonds. The van der Waals surface area contributed by atoms with Crippen LogP contribution in [0.15, 0.2) is 12.2 Å². The molecule has 0 heterocycles. The minimum atomic E-state index is -1.10. The molecule has 0 aliphatic heterocycles. The lowest BCUT2D eigenvalue weighted by atomic mass is 9.90. The van der Waals surface area contributed by atoms with E-state index in [2.05, 4.69) is 6.58 Å². The van der Waals surface area contributed by atoms with Crippen LogP contribution in [0.2, 0.25) is 0 Å². The van der Waals surface area contributed by atoms with Gasteiger partial charge < -0.3 is 15.2 Å². The van der Waals surface area contributed by atoms with Gasteiger partial charge in [0.25, 0.3) is 0 Å². The molecule has 0 radical (unpaired) electrons. The first kappa shape index (κ1) is 13.1. The fourth-order valence-electron chi connectivity index (χ4n) is 3.08. The summed E-state index contributed by atoms with van der Waals surface area (Å²) >= 11 is 0. The Hall–Kier alpha value is -1.36. The van der Waals surface area contributed by atoms with Crippen molar-refractivity contribution in [3.63, 3.8) is 0 Å². The standard InChI is InChI=1S/C13H19NO4/c1-4-17-11(15)9-8-7(3)6-13(14,10(8)9)12(16)18-5-2/h8-10H,3-6,14H2,1-2H3. The summed E-state index contributed by atoms with van der Waals surface area (Å²) in [7, 11) is 0. The SMILES string of the molecule is C=C1CC(N)(C(=O)OCC)C2C1C2C(=O)OCC. The van der Waals surface area contributed by atoms with Crippen molar-refractivity contribution in [1.82, 2.24) is 0 Å². The molecule has 5 heteroatoms. The molecule has 2 saturated carbocycles. The molecule has 2 aliphatic carbocycles. The maximum absolute atomic E-state index is 11.9. The number of nitrogens with two attached hydrogens (primary N) is 1. The van der Waals surface area contributed by atoms with E-state index in [1.165, 1.54) is 0 Å². The lowest BCUT2D eigenvalue weighted by Crippen LogP contribution is -2.50. The molecule has 0 aromatic rings. The second-order valence-corrected chi connectivity index (χ2v) is 4.93. The summed E-state index contributed by atoms with van der Waals surface area (Å²) < 4.78 is 10.0. The van der Waals surface area contributed by atoms with Crippen LogP contribution in [0.4, 0.5) is 0 Å². The zero-order valence-electron chi connectivity index (χ0n) is 10.8. The van der Waals surface area contributed by atoms with Gasteiger partial charge in [0.15, 0.2) is 0 Å². The van der Waals surface area contributed by atoms with Crippen molar-refractivity contribution >= 4 is 11.9 Å². The zero-order chi connectivity index (χ0) is 13.5. The summed E-state index contributed by atoms with van der Waals surface area (Å²) in [5.41, 5.74) is 5.90. The van der Waals surface area contributed by atoms with Gasteiger partial charge in [0.1, 0.15) is 5.54 Å². The third kappa shape index (κ3) is 1.73. The summed E-state index contributed by atoms with van der Waals surface area (Å²) in [4.78, 5) is 23.7. The van der Waals surface area contributed by atoms with Crippen LogP contribution >= 0.6 is 0 Å². The number of fused-ring (bicyclic) bond motifs is 1. The predicted molar refractivity (Wildman–Crippen MR) is 64.4 cm³/mol. The average Bonchev–Trinajstić information content (AvgIpc) is 2.99. The molecular weight excluding hydrogens is 234 g/mol. The first-order valence-corrected chi connectivity index (χ1v) is 6.27. The van der Waals surface area contributed by atoms with Gasteiger partial charge in [-0.3, -0.25) is 9.59 Å². The molecule has 100 valence electrons. The Balaban J connectivity index is 2.15. The molecule has 18 heavy (non-hydrogen) atoms. The number of ether oxygens (including phenoxy) is 2. The zero-order valence-corrected chi connectivity index (χ0v) is 10.8. The highest BCUT2D eigenvalue weighted by Crippen LogP contribution is 2.64. The van der Waals surface area contributed by atoms with Crippen molar-refractivity contribution < 1.29 is 19.1 Å². The Morgan fingerprint density at radius 2 is 2.00 bits per heavy atom. The van der Waals surface area contributed by atoms with Crippen molar-refractivity contribution in [2.75, 3.05) is 13.2 Å². The Kier molecular flexibility index (Phi) is 3.19. The number of hydrogen-bond acceptors (Lipinski definition) is 5. The fourth-order valence-corrected chi connectivity index (χ4v) is 3.08. The van der Waals surface area contributed by atoms with E-state index >= 15 is 0 Å². The quantitative estimate of drug-likeness (QED) is 0.587. The summed E-state index contributed by atoms with van der Waals surface area (Å²) in [5.74, 6) is -1.26. The molecule has 2 aliphatic rings. The van der Waals surface area contributed by atoms with Gasteiger partial charge >= 0.3 is 11.9 Å². The molecule has 2 N–H and O–H groups in total. The summed E-state index contributed by atoms with van der Waals surface area (Å²) in [5, 5.41) is 0. The van der Waals surface area contributed by atoms with Crippen LogP contribution in [-0.4, -0.2) is 30.7 Å². The van der Waals surface area contributed by atoms with E-state index in [9.17, 15) is 9.59 Å². The van der Waals surface area contributed by atoms with E-state index in [-0.39, 0.29) is 30.3 Å². The van der Waals surface area contributed by atoms with Crippen molar-refractivity contribution in [1.29, 1.82) is 0 Å². The van der Waals surface area contributed by atoms with Gasteiger partial charge in [-0.15, -0.1) is 0 Å². The molecular formula is C13H19NO4. The molecule has 2 rings (SSSR count). The Bertz CT molecular complexity index is 406. The average molecular weight is 253 g/mol. The van der Waals surface area contributed by atoms with Crippen LogP contribution in [-0.2, 0) is 19.1 Å². The predicted octanol–water partition coefficient (Wildman–Crippen LogP) is 0.632.